The second kappa shape index (κ2) is 8.07. The fraction of sp³-hybridized carbons (Fsp3) is 0.933. The Balaban J connectivity index is 1.59. The van der Waals surface area contributed by atoms with Gasteiger partial charge in [0.2, 0.25) is 0 Å². The average Bonchev–Trinajstić information content (AvgIpc) is 3.08. The highest BCUT2D eigenvalue weighted by molar-refractivity contribution is 5.18. The third-order valence-corrected chi connectivity index (χ3v) is 12.7. The van der Waals surface area contributed by atoms with Gasteiger partial charge in [0.05, 0.1) is 17.8 Å². The summed E-state index contributed by atoms with van der Waals surface area (Å²) in [5, 5.41) is 32.8. The van der Waals surface area contributed by atoms with Gasteiger partial charge >= 0.3 is 0 Å². The lowest BCUT2D eigenvalue weighted by Gasteiger charge is -2.70. The molecule has 4 fully saturated rings. The number of aliphatic hydroxyl groups excluding tert-OH is 2. The van der Waals surface area contributed by atoms with Gasteiger partial charge in [-0.2, -0.15) is 0 Å². The van der Waals surface area contributed by atoms with Gasteiger partial charge in [-0.15, -0.1) is 0 Å². The number of hydrogen-bond acceptors (Lipinski definition) is 3. The highest BCUT2D eigenvalue weighted by Crippen LogP contribution is 2.75. The van der Waals surface area contributed by atoms with Crippen molar-refractivity contribution in [2.45, 2.75) is 130 Å². The summed E-state index contributed by atoms with van der Waals surface area (Å²) >= 11 is 0. The van der Waals surface area contributed by atoms with E-state index in [0.29, 0.717) is 47.3 Å². The second-order valence-corrected chi connectivity index (χ2v) is 14.4. The third kappa shape index (κ3) is 3.61. The van der Waals surface area contributed by atoms with Crippen molar-refractivity contribution < 1.29 is 15.3 Å². The van der Waals surface area contributed by atoms with Crippen LogP contribution in [0.25, 0.3) is 0 Å². The Labute approximate surface area is 203 Å². The molecular formula is C30H52O3. The molecule has 4 aliphatic rings. The molecule has 4 rings (SSSR count). The molecule has 1 unspecified atom stereocenters. The SMILES string of the molecule is C=C(C)[C@H](O)CC[C@](C)(O)[C@H]1CC[C@@]2(C)[C@H]1CC[C@@H]1[C@@]3(C)CC[C@H](O)C(C)(C)C3CC[C@]12C. The van der Waals surface area contributed by atoms with Crippen LogP contribution in [-0.4, -0.2) is 33.1 Å². The van der Waals surface area contributed by atoms with Gasteiger partial charge in [-0.25, -0.2) is 0 Å². The van der Waals surface area contributed by atoms with Crippen LogP contribution in [0.1, 0.15) is 113 Å². The molecule has 4 aliphatic carbocycles. The zero-order valence-corrected chi connectivity index (χ0v) is 22.6. The molecular weight excluding hydrogens is 408 g/mol. The summed E-state index contributed by atoms with van der Waals surface area (Å²) < 4.78 is 0. The molecule has 3 nitrogen and oxygen atoms in total. The standard InChI is InChI=1S/C30H52O3/c1-19(2)22(31)12-18-30(8,33)21-11-16-28(6)20(21)9-10-24-27(5)15-14-25(32)26(3,4)23(27)13-17-29(24,28)7/h20-25,31-33H,1,9-18H2,2-8H3/t20-,21-,22+,23?,24+,25-,27-,28-,29+,30-/m0/s1. The van der Waals surface area contributed by atoms with Gasteiger partial charge in [0.15, 0.2) is 0 Å². The van der Waals surface area contributed by atoms with Crippen LogP contribution < -0.4 is 0 Å². The maximum Gasteiger partial charge on any atom is 0.0745 e. The largest absolute Gasteiger partial charge is 0.393 e. The Bertz CT molecular complexity index is 771. The lowest BCUT2D eigenvalue weighted by atomic mass is 9.35. The summed E-state index contributed by atoms with van der Waals surface area (Å²) in [6, 6.07) is 0. The molecule has 190 valence electrons. The first kappa shape index (κ1) is 25.7. The molecule has 0 spiro atoms. The van der Waals surface area contributed by atoms with Crippen molar-refractivity contribution >= 4 is 0 Å². The van der Waals surface area contributed by atoms with E-state index >= 15 is 0 Å². The molecule has 33 heavy (non-hydrogen) atoms. The number of aliphatic hydroxyl groups is 3. The zero-order valence-electron chi connectivity index (χ0n) is 22.6. The molecule has 0 saturated heterocycles. The first-order valence-corrected chi connectivity index (χ1v) is 13.8. The van der Waals surface area contributed by atoms with Gasteiger partial charge in [-0.1, -0.05) is 46.8 Å². The molecule has 0 aliphatic heterocycles. The summed E-state index contributed by atoms with van der Waals surface area (Å²) in [6.07, 6.45) is 9.91. The van der Waals surface area contributed by atoms with E-state index in [1.54, 1.807) is 0 Å². The van der Waals surface area contributed by atoms with Crippen LogP contribution in [0, 0.1) is 45.3 Å². The fourth-order valence-corrected chi connectivity index (χ4v) is 10.3. The Hall–Kier alpha value is -0.380. The van der Waals surface area contributed by atoms with Crippen LogP contribution in [0.4, 0.5) is 0 Å². The van der Waals surface area contributed by atoms with Crippen molar-refractivity contribution in [3.05, 3.63) is 12.2 Å². The molecule has 4 saturated carbocycles. The van der Waals surface area contributed by atoms with Crippen LogP contribution in [-0.2, 0) is 0 Å². The molecule has 0 amide bonds. The van der Waals surface area contributed by atoms with E-state index in [2.05, 4.69) is 41.2 Å². The molecule has 0 aromatic rings. The predicted molar refractivity (Wildman–Crippen MR) is 136 cm³/mol. The van der Waals surface area contributed by atoms with Crippen molar-refractivity contribution in [3.8, 4) is 0 Å². The van der Waals surface area contributed by atoms with E-state index in [4.69, 9.17) is 0 Å². The van der Waals surface area contributed by atoms with E-state index in [1.807, 2.05) is 13.8 Å². The minimum absolute atomic E-state index is 0.00190. The van der Waals surface area contributed by atoms with Crippen molar-refractivity contribution in [1.82, 2.24) is 0 Å². The summed E-state index contributed by atoms with van der Waals surface area (Å²) in [5.41, 5.74) is 0.905. The molecule has 0 radical (unpaired) electrons. The van der Waals surface area contributed by atoms with E-state index < -0.39 is 11.7 Å². The minimum Gasteiger partial charge on any atom is -0.393 e. The summed E-state index contributed by atoms with van der Waals surface area (Å²) in [7, 11) is 0. The van der Waals surface area contributed by atoms with Crippen LogP contribution in [0.3, 0.4) is 0 Å². The fourth-order valence-electron chi connectivity index (χ4n) is 10.3. The quantitative estimate of drug-likeness (QED) is 0.410. The highest BCUT2D eigenvalue weighted by Gasteiger charge is 2.69. The van der Waals surface area contributed by atoms with Gasteiger partial charge in [0.25, 0.3) is 0 Å². The van der Waals surface area contributed by atoms with Crippen LogP contribution in [0.2, 0.25) is 0 Å². The first-order chi connectivity index (χ1) is 15.1. The number of hydrogen-bond donors (Lipinski definition) is 3. The predicted octanol–water partition coefficient (Wildman–Crippen LogP) is 6.50. The van der Waals surface area contributed by atoms with Crippen molar-refractivity contribution in [2.75, 3.05) is 0 Å². The molecule has 10 atom stereocenters. The number of rotatable bonds is 5. The first-order valence-electron chi connectivity index (χ1n) is 13.8. The zero-order chi connectivity index (χ0) is 24.6. The molecule has 0 bridgehead atoms. The van der Waals surface area contributed by atoms with Gasteiger partial charge in [0, 0.05) is 0 Å². The monoisotopic (exact) mass is 460 g/mol. The maximum atomic E-state index is 11.6. The Morgan fingerprint density at radius 3 is 2.21 bits per heavy atom. The molecule has 3 N–H and O–H groups in total. The lowest BCUT2D eigenvalue weighted by Crippen LogP contribution is -2.64. The van der Waals surface area contributed by atoms with Gasteiger partial charge in [-0.3, -0.25) is 0 Å². The van der Waals surface area contributed by atoms with Crippen molar-refractivity contribution in [2.24, 2.45) is 45.3 Å². The summed E-state index contributed by atoms with van der Waals surface area (Å²) in [6.45, 7) is 20.2. The molecule has 0 heterocycles. The molecule has 3 heteroatoms. The van der Waals surface area contributed by atoms with E-state index in [0.717, 1.165) is 24.8 Å². The smallest absolute Gasteiger partial charge is 0.0745 e. The third-order valence-electron chi connectivity index (χ3n) is 12.7. The highest BCUT2D eigenvalue weighted by atomic mass is 16.3. The number of fused-ring (bicyclic) bond motifs is 5. The lowest BCUT2D eigenvalue weighted by molar-refractivity contribution is -0.225. The van der Waals surface area contributed by atoms with Crippen LogP contribution >= 0.6 is 0 Å². The van der Waals surface area contributed by atoms with Crippen LogP contribution in [0.15, 0.2) is 12.2 Å². The van der Waals surface area contributed by atoms with Crippen molar-refractivity contribution in [3.63, 3.8) is 0 Å². The normalized spacial score (nSPS) is 49.3. The van der Waals surface area contributed by atoms with Gasteiger partial charge < -0.3 is 15.3 Å². The summed E-state index contributed by atoms with van der Waals surface area (Å²) in [4.78, 5) is 0. The van der Waals surface area contributed by atoms with E-state index in [1.165, 1.54) is 32.1 Å². The maximum absolute atomic E-state index is 11.6. The second-order valence-electron chi connectivity index (χ2n) is 14.4. The van der Waals surface area contributed by atoms with E-state index in [9.17, 15) is 15.3 Å². The Morgan fingerprint density at radius 2 is 1.58 bits per heavy atom. The van der Waals surface area contributed by atoms with E-state index in [-0.39, 0.29) is 16.9 Å². The molecule has 0 aromatic heterocycles. The topological polar surface area (TPSA) is 60.7 Å². The summed E-state index contributed by atoms with van der Waals surface area (Å²) in [5.74, 6) is 2.16. The minimum atomic E-state index is -0.736. The Morgan fingerprint density at radius 1 is 0.939 bits per heavy atom. The van der Waals surface area contributed by atoms with Gasteiger partial charge in [-0.05, 0) is 123 Å². The molecule has 0 aromatic carbocycles. The Kier molecular flexibility index (Phi) is 6.28. The van der Waals surface area contributed by atoms with Gasteiger partial charge in [0.1, 0.15) is 0 Å². The average molecular weight is 461 g/mol. The van der Waals surface area contributed by atoms with Crippen LogP contribution in [0.5, 0.6) is 0 Å². The van der Waals surface area contributed by atoms with Crippen molar-refractivity contribution in [1.29, 1.82) is 0 Å².